The molecule has 0 aliphatic heterocycles. The molecule has 4 rings (SSSR count). The Bertz CT molecular complexity index is 1540. The molecule has 1 heterocycles. The minimum atomic E-state index is -4.80. The van der Waals surface area contributed by atoms with E-state index in [1.54, 1.807) is 31.2 Å². The number of aromatic nitrogens is 1. The third-order valence-corrected chi connectivity index (χ3v) is 9.00. The molecule has 40 heavy (non-hydrogen) atoms. The van der Waals surface area contributed by atoms with Crippen LogP contribution in [-0.4, -0.2) is 28.4 Å². The highest BCUT2D eigenvalue weighted by Gasteiger charge is 2.34. The molecule has 0 radical (unpaired) electrons. The van der Waals surface area contributed by atoms with Crippen LogP contribution < -0.4 is 4.74 Å². The van der Waals surface area contributed by atoms with Crippen molar-refractivity contribution in [2.24, 2.45) is 0 Å². The molecule has 0 spiro atoms. The van der Waals surface area contributed by atoms with Gasteiger partial charge in [-0.3, -0.25) is 0 Å². The van der Waals surface area contributed by atoms with E-state index in [0.29, 0.717) is 43.9 Å². The maximum atomic E-state index is 14.3. The molecule has 0 saturated heterocycles. The Kier molecular flexibility index (Phi) is 9.34. The summed E-state index contributed by atoms with van der Waals surface area (Å²) in [5, 5.41) is 10.1. The molecule has 1 atom stereocenters. The average Bonchev–Trinajstić information content (AvgIpc) is 3.25. The van der Waals surface area contributed by atoms with Crippen molar-refractivity contribution in [3.63, 3.8) is 0 Å². The Morgan fingerprint density at radius 2 is 1.80 bits per heavy atom. The van der Waals surface area contributed by atoms with Crippen molar-refractivity contribution in [2.75, 3.05) is 12.4 Å². The molecule has 1 N–H and O–H groups in total. The van der Waals surface area contributed by atoms with Gasteiger partial charge in [0, 0.05) is 37.1 Å². The Hall–Kier alpha value is -2.79. The summed E-state index contributed by atoms with van der Waals surface area (Å²) in [6.45, 7) is 3.14. The first-order valence-electron chi connectivity index (χ1n) is 11.7. The van der Waals surface area contributed by atoms with E-state index < -0.39 is 30.1 Å². The number of ether oxygens (including phenoxy) is 1. The van der Waals surface area contributed by atoms with Gasteiger partial charge < -0.3 is 9.84 Å². The van der Waals surface area contributed by atoms with Gasteiger partial charge in [-0.2, -0.15) is 13.2 Å². The summed E-state index contributed by atoms with van der Waals surface area (Å²) in [4.78, 5) is 17.0. The molecule has 0 aliphatic carbocycles. The fourth-order valence-corrected chi connectivity index (χ4v) is 7.12. The second-order valence-electron chi connectivity index (χ2n) is 8.77. The van der Waals surface area contributed by atoms with Crippen LogP contribution in [0, 0.1) is 19.7 Å². The molecular weight excluding hydrogens is 609 g/mol. The summed E-state index contributed by atoms with van der Waals surface area (Å²) in [6.07, 6.45) is -4.80. The fraction of sp³-hybridized carbons (Fsp3) is 0.214. The zero-order chi connectivity index (χ0) is 29.2. The first-order chi connectivity index (χ1) is 18.8. The van der Waals surface area contributed by atoms with Crippen LogP contribution in [-0.2, 0) is 11.0 Å². The van der Waals surface area contributed by atoms with Gasteiger partial charge in [0.2, 0.25) is 0 Å². The highest BCUT2D eigenvalue weighted by molar-refractivity contribution is 7.99. The predicted octanol–water partition coefficient (Wildman–Crippen LogP) is 9.28. The van der Waals surface area contributed by atoms with Crippen LogP contribution in [0.25, 0.3) is 10.6 Å². The number of thioether (sulfide) groups is 1. The Labute approximate surface area is 245 Å². The molecule has 0 amide bonds. The number of aryl methyl sites for hydroxylation is 2. The third kappa shape index (κ3) is 6.91. The van der Waals surface area contributed by atoms with Crippen molar-refractivity contribution in [1.82, 2.24) is 4.98 Å². The van der Waals surface area contributed by atoms with Gasteiger partial charge in [0.05, 0.1) is 11.3 Å². The first-order valence-corrected chi connectivity index (χ1v) is 14.3. The van der Waals surface area contributed by atoms with Gasteiger partial charge in [0.1, 0.15) is 16.6 Å². The van der Waals surface area contributed by atoms with Crippen LogP contribution >= 0.6 is 46.3 Å². The Morgan fingerprint density at radius 1 is 1.10 bits per heavy atom. The molecule has 210 valence electrons. The number of aliphatic carboxylic acids is 1. The van der Waals surface area contributed by atoms with E-state index in [0.717, 1.165) is 21.4 Å². The summed E-state index contributed by atoms with van der Waals surface area (Å²) < 4.78 is 58.8. The number of benzene rings is 3. The molecule has 12 heteroatoms. The van der Waals surface area contributed by atoms with Crippen molar-refractivity contribution >= 4 is 52.3 Å². The van der Waals surface area contributed by atoms with E-state index >= 15 is 0 Å². The molecule has 0 fully saturated rings. The second kappa shape index (κ2) is 12.4. The van der Waals surface area contributed by atoms with E-state index in [2.05, 4.69) is 4.98 Å². The molecule has 1 unspecified atom stereocenters. The lowest BCUT2D eigenvalue weighted by Crippen LogP contribution is -2.10. The maximum absolute atomic E-state index is 14.3. The zero-order valence-corrected chi connectivity index (χ0v) is 24.1. The number of halogens is 6. The topological polar surface area (TPSA) is 59.4 Å². The molecule has 0 aliphatic rings. The number of carbonyl (C=O) groups is 1. The Morgan fingerprint density at radius 3 is 2.40 bits per heavy atom. The summed E-state index contributed by atoms with van der Waals surface area (Å²) in [5.74, 6) is -1.85. The van der Waals surface area contributed by atoms with Gasteiger partial charge in [-0.1, -0.05) is 35.3 Å². The molecule has 4 nitrogen and oxygen atoms in total. The highest BCUT2D eigenvalue weighted by atomic mass is 35.5. The van der Waals surface area contributed by atoms with Crippen LogP contribution in [0.3, 0.4) is 0 Å². The number of thiazole rings is 1. The molecule has 0 bridgehead atoms. The number of nitrogens with zero attached hydrogens (tertiary/aromatic N) is 1. The van der Waals surface area contributed by atoms with Crippen LogP contribution in [0.2, 0.25) is 10.0 Å². The number of alkyl halides is 3. The lowest BCUT2D eigenvalue weighted by molar-refractivity contribution is -0.140. The third-order valence-electron chi connectivity index (χ3n) is 5.93. The minimum absolute atomic E-state index is 0.231. The standard InChI is InChI=1S/C28H21Cl2F4NO3S2/c1-14-10-17(7-9-23(14)38-12-24(36)37)39-13-18(25-20(29)4-3-5-21(25)30)26-15(2)35-27(40-26)16-6-8-19(22(31)11-16)28(32,33)34/h3-11,18H,12-13H2,1-2H3,(H,36,37). The normalized spacial score (nSPS) is 12.4. The first kappa shape index (κ1) is 30.2. The van der Waals surface area contributed by atoms with Gasteiger partial charge in [-0.25, -0.2) is 14.2 Å². The molecule has 0 saturated carbocycles. The summed E-state index contributed by atoms with van der Waals surface area (Å²) >= 11 is 15.9. The van der Waals surface area contributed by atoms with E-state index in [4.69, 9.17) is 33.0 Å². The zero-order valence-electron chi connectivity index (χ0n) is 21.0. The minimum Gasteiger partial charge on any atom is -0.482 e. The van der Waals surface area contributed by atoms with E-state index in [9.17, 15) is 22.4 Å². The lowest BCUT2D eigenvalue weighted by atomic mass is 9.98. The second-order valence-corrected chi connectivity index (χ2v) is 11.7. The van der Waals surface area contributed by atoms with E-state index in [1.165, 1.54) is 29.2 Å². The van der Waals surface area contributed by atoms with Crippen molar-refractivity contribution in [1.29, 1.82) is 0 Å². The van der Waals surface area contributed by atoms with Gasteiger partial charge >= 0.3 is 12.1 Å². The summed E-state index contributed by atoms with van der Waals surface area (Å²) in [6, 6.07) is 13.3. The molecule has 3 aromatic carbocycles. The van der Waals surface area contributed by atoms with E-state index in [1.807, 2.05) is 19.1 Å². The molecular formula is C28H21Cl2F4NO3S2. The predicted molar refractivity (Wildman–Crippen MR) is 151 cm³/mol. The highest BCUT2D eigenvalue weighted by Crippen LogP contribution is 2.44. The number of carboxylic acids is 1. The van der Waals surface area contributed by atoms with Crippen molar-refractivity contribution in [3.05, 3.63) is 97.7 Å². The van der Waals surface area contributed by atoms with Gasteiger partial charge in [-0.15, -0.1) is 23.1 Å². The number of rotatable bonds is 9. The SMILES string of the molecule is Cc1cc(SCC(c2sc(-c3ccc(C(F)(F)F)c(F)c3)nc2C)c2c(Cl)cccc2Cl)ccc1OCC(=O)O. The van der Waals surface area contributed by atoms with Gasteiger partial charge in [0.25, 0.3) is 0 Å². The summed E-state index contributed by atoms with van der Waals surface area (Å²) in [7, 11) is 0. The van der Waals surface area contributed by atoms with Gasteiger partial charge in [-0.05, 0) is 67.4 Å². The molecule has 4 aromatic rings. The van der Waals surface area contributed by atoms with Crippen molar-refractivity contribution in [2.45, 2.75) is 30.8 Å². The van der Waals surface area contributed by atoms with Crippen LogP contribution in [0.4, 0.5) is 17.6 Å². The quantitative estimate of drug-likeness (QED) is 0.148. The van der Waals surface area contributed by atoms with Crippen LogP contribution in [0.1, 0.15) is 33.2 Å². The summed E-state index contributed by atoms with van der Waals surface area (Å²) in [5.41, 5.74) is 0.952. The average molecular weight is 631 g/mol. The van der Waals surface area contributed by atoms with Crippen molar-refractivity contribution < 1.29 is 32.2 Å². The van der Waals surface area contributed by atoms with Crippen LogP contribution in [0.5, 0.6) is 5.75 Å². The smallest absolute Gasteiger partial charge is 0.419 e. The largest absolute Gasteiger partial charge is 0.482 e. The molecule has 1 aromatic heterocycles. The van der Waals surface area contributed by atoms with Crippen molar-refractivity contribution in [3.8, 4) is 16.3 Å². The monoisotopic (exact) mass is 629 g/mol. The van der Waals surface area contributed by atoms with Crippen LogP contribution in [0.15, 0.2) is 59.5 Å². The Balaban J connectivity index is 1.68. The number of hydrogen-bond donors (Lipinski definition) is 1. The maximum Gasteiger partial charge on any atom is 0.419 e. The number of carboxylic acid groups (broad SMARTS) is 1. The lowest BCUT2D eigenvalue weighted by Gasteiger charge is -2.20. The van der Waals surface area contributed by atoms with Gasteiger partial charge in [0.15, 0.2) is 6.61 Å². The fourth-order valence-electron chi connectivity index (χ4n) is 4.06. The number of hydrogen-bond acceptors (Lipinski definition) is 5. The van der Waals surface area contributed by atoms with E-state index in [-0.39, 0.29) is 11.5 Å².